The molecule has 8 nitrogen and oxygen atoms in total. The van der Waals surface area contributed by atoms with Crippen molar-refractivity contribution in [1.29, 1.82) is 0 Å². The van der Waals surface area contributed by atoms with Crippen LogP contribution in [0.3, 0.4) is 0 Å². The number of nitrogens with one attached hydrogen (secondary N) is 2. The van der Waals surface area contributed by atoms with Gasteiger partial charge in [0, 0.05) is 66.7 Å². The van der Waals surface area contributed by atoms with E-state index in [4.69, 9.17) is 20.8 Å². The molecule has 3 N–H and O–H groups in total. The van der Waals surface area contributed by atoms with Crippen molar-refractivity contribution in [3.63, 3.8) is 0 Å². The monoisotopic (exact) mass is 636 g/mol. The molecular formula is C31H39Cl3N4O4. The summed E-state index contributed by atoms with van der Waals surface area (Å²) in [4.78, 5) is 21.4. The predicted molar refractivity (Wildman–Crippen MR) is 172 cm³/mol. The molecule has 0 bridgehead atoms. The molecule has 228 valence electrons. The number of aromatic nitrogens is 1. The van der Waals surface area contributed by atoms with Crippen molar-refractivity contribution >= 4 is 64.2 Å². The largest absolute Gasteiger partial charge is 0.488 e. The molecule has 2 aliphatic heterocycles. The number of hydrogen-bond donors (Lipinski definition) is 3. The zero-order valence-corrected chi connectivity index (χ0v) is 26.1. The molecule has 4 heterocycles. The number of ether oxygens (including phenoxy) is 1. The third kappa shape index (κ3) is 7.18. The van der Waals surface area contributed by atoms with Gasteiger partial charge in [0.2, 0.25) is 0 Å². The molecule has 0 aliphatic carbocycles. The first kappa shape index (κ1) is 32.5. The maximum absolute atomic E-state index is 13.2. The van der Waals surface area contributed by atoms with Gasteiger partial charge in [-0.25, -0.2) is 0 Å². The smallest absolute Gasteiger partial charge is 0.267 e. The molecule has 2 fully saturated rings. The number of aliphatic hydroxyl groups excluding tert-OH is 1. The van der Waals surface area contributed by atoms with Crippen LogP contribution in [0.4, 0.5) is 0 Å². The van der Waals surface area contributed by atoms with Gasteiger partial charge < -0.3 is 29.5 Å². The Morgan fingerprint density at radius 2 is 1.86 bits per heavy atom. The SMILES string of the molecule is C[C@@H](CN1CCC(NC(=O)c2cc3c(OCc4coc5cccc(Cl)c45)cccc3[nH]2)CC1)N1CCC(O)CC1.Cl.Cl. The highest BCUT2D eigenvalue weighted by molar-refractivity contribution is 6.35. The molecular weight excluding hydrogens is 599 g/mol. The van der Waals surface area contributed by atoms with Crippen LogP contribution in [0.5, 0.6) is 5.75 Å². The van der Waals surface area contributed by atoms with Gasteiger partial charge >= 0.3 is 0 Å². The quantitative estimate of drug-likeness (QED) is 0.219. The first-order valence-corrected chi connectivity index (χ1v) is 14.7. The predicted octanol–water partition coefficient (Wildman–Crippen LogP) is 6.03. The highest BCUT2D eigenvalue weighted by Crippen LogP contribution is 2.31. The highest BCUT2D eigenvalue weighted by Gasteiger charge is 2.26. The van der Waals surface area contributed by atoms with Crippen LogP contribution in [0.2, 0.25) is 5.02 Å². The van der Waals surface area contributed by atoms with E-state index >= 15 is 0 Å². The standard InChI is InChI=1S/C31H37ClN4O4.2ClH/c1-20(36-14-10-23(37)11-15-36)17-35-12-8-22(9-13-35)33-31(38)27-16-24-26(34-27)5-3-6-28(24)39-18-21-19-40-29-7-2-4-25(32)30(21)29;;/h2-7,16,19-20,22-23,34,37H,8-15,17-18H2,1H3,(H,33,38);2*1H/t20-;;/m0../s1. The van der Waals surface area contributed by atoms with Crippen molar-refractivity contribution in [2.75, 3.05) is 32.7 Å². The van der Waals surface area contributed by atoms with Crippen molar-refractivity contribution in [2.45, 2.75) is 57.4 Å². The Bertz CT molecular complexity index is 1480. The van der Waals surface area contributed by atoms with Gasteiger partial charge in [-0.15, -0.1) is 24.8 Å². The van der Waals surface area contributed by atoms with Gasteiger partial charge in [0.25, 0.3) is 5.91 Å². The Morgan fingerprint density at radius 1 is 1.12 bits per heavy atom. The molecule has 0 spiro atoms. The van der Waals surface area contributed by atoms with Gasteiger partial charge in [-0.3, -0.25) is 9.69 Å². The van der Waals surface area contributed by atoms with E-state index in [9.17, 15) is 9.90 Å². The third-order valence-corrected chi connectivity index (χ3v) is 8.76. The fourth-order valence-electron chi connectivity index (χ4n) is 6.08. The first-order valence-electron chi connectivity index (χ1n) is 14.3. The molecule has 1 amide bonds. The maximum atomic E-state index is 13.2. The molecule has 0 saturated carbocycles. The number of furan rings is 1. The molecule has 2 aliphatic rings. The number of nitrogens with zero attached hydrogens (tertiary/aromatic N) is 2. The molecule has 0 radical (unpaired) electrons. The van der Waals surface area contributed by atoms with Gasteiger partial charge in [0.15, 0.2) is 0 Å². The normalized spacial score (nSPS) is 18.0. The summed E-state index contributed by atoms with van der Waals surface area (Å²) in [6, 6.07) is 13.9. The molecule has 2 aromatic carbocycles. The number of benzene rings is 2. The minimum atomic E-state index is -0.137. The van der Waals surface area contributed by atoms with Crippen LogP contribution in [-0.2, 0) is 6.61 Å². The van der Waals surface area contributed by atoms with E-state index in [2.05, 4.69) is 27.0 Å². The Hall–Kier alpha value is -2.46. The fourth-order valence-corrected chi connectivity index (χ4v) is 6.37. The molecule has 4 aromatic rings. The first-order chi connectivity index (χ1) is 19.4. The summed E-state index contributed by atoms with van der Waals surface area (Å²) in [6.07, 6.45) is 5.16. The second-order valence-corrected chi connectivity index (χ2v) is 11.6. The number of carbonyl (C=O) groups is 1. The molecule has 1 atom stereocenters. The van der Waals surface area contributed by atoms with Crippen LogP contribution >= 0.6 is 36.4 Å². The Kier molecular flexibility index (Phi) is 11.1. The summed E-state index contributed by atoms with van der Waals surface area (Å²) in [6.45, 7) is 7.52. The Balaban J connectivity index is 0.00000202. The summed E-state index contributed by atoms with van der Waals surface area (Å²) in [7, 11) is 0. The summed E-state index contributed by atoms with van der Waals surface area (Å²) in [5, 5.41) is 15.4. The molecule has 6 rings (SSSR count). The Labute approximate surface area is 263 Å². The number of H-pyrrole nitrogens is 1. The number of piperidine rings is 2. The highest BCUT2D eigenvalue weighted by atomic mass is 35.5. The zero-order chi connectivity index (χ0) is 27.6. The summed E-state index contributed by atoms with van der Waals surface area (Å²) in [5.41, 5.74) is 2.99. The summed E-state index contributed by atoms with van der Waals surface area (Å²) < 4.78 is 11.8. The average Bonchev–Trinajstić information content (AvgIpc) is 3.59. The van der Waals surface area contributed by atoms with E-state index in [1.165, 1.54) is 0 Å². The number of amides is 1. The van der Waals surface area contributed by atoms with Crippen LogP contribution in [-0.4, -0.2) is 76.7 Å². The van der Waals surface area contributed by atoms with Crippen molar-refractivity contribution in [3.8, 4) is 5.75 Å². The zero-order valence-electron chi connectivity index (χ0n) is 23.7. The average molecular weight is 638 g/mol. The number of likely N-dealkylation sites (tertiary alicyclic amines) is 2. The summed E-state index contributed by atoms with van der Waals surface area (Å²) in [5.74, 6) is 0.605. The van der Waals surface area contributed by atoms with Crippen LogP contribution in [0.25, 0.3) is 21.9 Å². The Morgan fingerprint density at radius 3 is 2.62 bits per heavy atom. The maximum Gasteiger partial charge on any atom is 0.267 e. The summed E-state index contributed by atoms with van der Waals surface area (Å²) >= 11 is 6.39. The number of halogens is 3. The van der Waals surface area contributed by atoms with Crippen molar-refractivity contribution < 1.29 is 19.1 Å². The van der Waals surface area contributed by atoms with E-state index in [0.717, 1.165) is 85.8 Å². The van der Waals surface area contributed by atoms with E-state index in [-0.39, 0.29) is 42.9 Å². The lowest BCUT2D eigenvalue weighted by Crippen LogP contribution is -2.50. The molecule has 42 heavy (non-hydrogen) atoms. The van der Waals surface area contributed by atoms with Crippen LogP contribution < -0.4 is 10.1 Å². The van der Waals surface area contributed by atoms with E-state index in [1.54, 1.807) is 6.26 Å². The molecule has 0 unspecified atom stereocenters. The van der Waals surface area contributed by atoms with Gasteiger partial charge in [-0.2, -0.15) is 0 Å². The van der Waals surface area contributed by atoms with Crippen LogP contribution in [0, 0.1) is 0 Å². The number of fused-ring (bicyclic) bond motifs is 2. The lowest BCUT2D eigenvalue weighted by molar-refractivity contribution is 0.0497. The topological polar surface area (TPSA) is 94.0 Å². The number of carbonyl (C=O) groups excluding carboxylic acids is 1. The van der Waals surface area contributed by atoms with Crippen molar-refractivity contribution in [1.82, 2.24) is 20.1 Å². The number of aromatic amines is 1. The number of hydrogen-bond acceptors (Lipinski definition) is 6. The number of rotatable bonds is 8. The van der Waals surface area contributed by atoms with Crippen LogP contribution in [0.1, 0.15) is 48.7 Å². The van der Waals surface area contributed by atoms with E-state index in [1.807, 2.05) is 42.5 Å². The van der Waals surface area contributed by atoms with E-state index in [0.29, 0.717) is 29.1 Å². The van der Waals surface area contributed by atoms with Crippen LogP contribution in [0.15, 0.2) is 53.1 Å². The van der Waals surface area contributed by atoms with Gasteiger partial charge in [-0.05, 0) is 62.9 Å². The lowest BCUT2D eigenvalue weighted by Gasteiger charge is -2.39. The lowest BCUT2D eigenvalue weighted by atomic mass is 10.0. The van der Waals surface area contributed by atoms with E-state index < -0.39 is 0 Å². The number of aliphatic hydroxyl groups is 1. The molecule has 2 aromatic heterocycles. The minimum Gasteiger partial charge on any atom is -0.488 e. The van der Waals surface area contributed by atoms with Crippen molar-refractivity contribution in [3.05, 3.63) is 65.0 Å². The second kappa shape index (κ2) is 14.3. The van der Waals surface area contributed by atoms with Gasteiger partial charge in [0.05, 0.1) is 17.4 Å². The minimum absolute atomic E-state index is 0. The van der Waals surface area contributed by atoms with Gasteiger partial charge in [-0.1, -0.05) is 23.7 Å². The molecule has 2 saturated heterocycles. The second-order valence-electron chi connectivity index (χ2n) is 11.2. The molecule has 11 heteroatoms. The van der Waals surface area contributed by atoms with Gasteiger partial charge in [0.1, 0.15) is 23.6 Å². The van der Waals surface area contributed by atoms with Crippen molar-refractivity contribution in [2.24, 2.45) is 0 Å². The fraction of sp³-hybridized carbons (Fsp3) is 0.452. The third-order valence-electron chi connectivity index (χ3n) is 8.44.